The molecule has 2 amide bonds. The number of ether oxygens (including phenoxy) is 1. The van der Waals surface area contributed by atoms with E-state index in [4.69, 9.17) is 4.74 Å². The molecule has 1 N–H and O–H groups in total. The lowest BCUT2D eigenvalue weighted by Gasteiger charge is -2.21. The van der Waals surface area contributed by atoms with Crippen LogP contribution < -0.4 is 10.2 Å². The summed E-state index contributed by atoms with van der Waals surface area (Å²) in [5.41, 5.74) is 1.67. The molecule has 0 heterocycles. The number of halogens is 1. The third-order valence-electron chi connectivity index (χ3n) is 7.63. The smallest absolute Gasteiger partial charge is 0.407 e. The first-order valence-electron chi connectivity index (χ1n) is 16.1. The molecule has 0 saturated carbocycles. The van der Waals surface area contributed by atoms with Gasteiger partial charge in [-0.15, -0.1) is 12.4 Å². The number of anilines is 1. The predicted molar refractivity (Wildman–Crippen MR) is 173 cm³/mol. The highest BCUT2D eigenvalue weighted by molar-refractivity contribution is 5.85. The molecule has 1 aromatic rings. The average molecular weight is 582 g/mol. The molecule has 0 radical (unpaired) electrons. The van der Waals surface area contributed by atoms with Gasteiger partial charge in [-0.1, -0.05) is 135 Å². The SMILES string of the molecule is CCCCCCCCCCCCCCCCCCN(C=O)c1ccccc1COC(=O)NCCN(CC)CC.Cl. The zero-order valence-electron chi connectivity index (χ0n) is 26.0. The first-order chi connectivity index (χ1) is 19.2. The van der Waals surface area contributed by atoms with E-state index in [9.17, 15) is 9.59 Å². The molecule has 0 saturated heterocycles. The molecule has 0 bridgehead atoms. The van der Waals surface area contributed by atoms with Crippen molar-refractivity contribution in [2.75, 3.05) is 37.6 Å². The number of amides is 2. The second-order valence-corrected chi connectivity index (χ2v) is 10.8. The van der Waals surface area contributed by atoms with Crippen LogP contribution in [0, 0.1) is 0 Å². The van der Waals surface area contributed by atoms with Crippen LogP contribution in [0.25, 0.3) is 0 Å². The lowest BCUT2D eigenvalue weighted by atomic mass is 10.0. The van der Waals surface area contributed by atoms with Crippen molar-refractivity contribution in [1.29, 1.82) is 0 Å². The van der Waals surface area contributed by atoms with E-state index in [2.05, 4.69) is 31.0 Å². The Bertz CT molecular complexity index is 731. The highest BCUT2D eigenvalue weighted by atomic mass is 35.5. The van der Waals surface area contributed by atoms with Gasteiger partial charge in [-0.3, -0.25) is 4.79 Å². The fourth-order valence-electron chi connectivity index (χ4n) is 5.02. The molecule has 0 unspecified atom stereocenters. The molecule has 0 aliphatic rings. The van der Waals surface area contributed by atoms with Gasteiger partial charge in [-0.05, 0) is 25.6 Å². The van der Waals surface area contributed by atoms with Crippen LogP contribution in [-0.2, 0) is 16.1 Å². The molecule has 0 atom stereocenters. The van der Waals surface area contributed by atoms with Crippen LogP contribution in [0.1, 0.15) is 129 Å². The maximum Gasteiger partial charge on any atom is 0.407 e. The third kappa shape index (κ3) is 19.3. The summed E-state index contributed by atoms with van der Waals surface area (Å²) in [5, 5.41) is 2.81. The monoisotopic (exact) mass is 581 g/mol. The van der Waals surface area contributed by atoms with Crippen molar-refractivity contribution in [2.45, 2.75) is 130 Å². The zero-order valence-corrected chi connectivity index (χ0v) is 26.8. The maximum atomic E-state index is 12.1. The van der Waals surface area contributed by atoms with Crippen molar-refractivity contribution in [2.24, 2.45) is 0 Å². The van der Waals surface area contributed by atoms with Gasteiger partial charge < -0.3 is 19.9 Å². The Labute approximate surface area is 252 Å². The van der Waals surface area contributed by atoms with Gasteiger partial charge >= 0.3 is 6.09 Å². The molecule has 0 fully saturated rings. The second kappa shape index (κ2) is 27.4. The van der Waals surface area contributed by atoms with Gasteiger partial charge in [0, 0.05) is 30.9 Å². The van der Waals surface area contributed by atoms with Gasteiger partial charge in [0.05, 0.1) is 0 Å². The minimum absolute atomic E-state index is 0. The minimum Gasteiger partial charge on any atom is -0.445 e. The number of alkyl carbamates (subject to hydrolysis) is 1. The Morgan fingerprint density at radius 1 is 0.750 bits per heavy atom. The van der Waals surface area contributed by atoms with E-state index in [1.165, 1.54) is 89.9 Å². The zero-order chi connectivity index (χ0) is 28.4. The molecule has 7 heteroatoms. The van der Waals surface area contributed by atoms with Gasteiger partial charge in [0.2, 0.25) is 6.41 Å². The quantitative estimate of drug-likeness (QED) is 0.0876. The van der Waals surface area contributed by atoms with Crippen molar-refractivity contribution < 1.29 is 14.3 Å². The van der Waals surface area contributed by atoms with Crippen LogP contribution in [0.4, 0.5) is 10.5 Å². The number of para-hydroxylation sites is 1. The maximum absolute atomic E-state index is 12.1. The third-order valence-corrected chi connectivity index (χ3v) is 7.63. The standard InChI is InChI=1S/C33H59N3O3.ClH/c1-4-7-8-9-10-11-12-13-14-15-16-17-18-19-20-23-27-36(30-37)32-25-22-21-24-31(32)29-39-33(38)34-26-28-35(5-2)6-3;/h21-22,24-25,30H,4-20,23,26-29H2,1-3H3,(H,34,38);1H. The number of nitrogens with one attached hydrogen (secondary N) is 1. The summed E-state index contributed by atoms with van der Waals surface area (Å²) in [7, 11) is 0. The Kier molecular flexibility index (Phi) is 26.2. The first kappa shape index (κ1) is 38.2. The van der Waals surface area contributed by atoms with Crippen LogP contribution in [0.5, 0.6) is 0 Å². The van der Waals surface area contributed by atoms with Crippen molar-refractivity contribution >= 4 is 30.6 Å². The van der Waals surface area contributed by atoms with Gasteiger partial charge in [0.25, 0.3) is 0 Å². The summed E-state index contributed by atoms with van der Waals surface area (Å²) in [5.74, 6) is 0. The molecule has 232 valence electrons. The van der Waals surface area contributed by atoms with Crippen LogP contribution >= 0.6 is 12.4 Å². The number of rotatable bonds is 26. The van der Waals surface area contributed by atoms with Crippen molar-refractivity contribution in [3.05, 3.63) is 29.8 Å². The van der Waals surface area contributed by atoms with Crippen LogP contribution in [0.2, 0.25) is 0 Å². The van der Waals surface area contributed by atoms with Crippen LogP contribution in [0.15, 0.2) is 24.3 Å². The van der Waals surface area contributed by atoms with Crippen molar-refractivity contribution in [1.82, 2.24) is 10.2 Å². The molecule has 0 aliphatic heterocycles. The number of nitrogens with zero attached hydrogens (tertiary/aromatic N) is 2. The summed E-state index contributed by atoms with van der Waals surface area (Å²) in [4.78, 5) is 28.0. The second-order valence-electron chi connectivity index (χ2n) is 10.8. The van der Waals surface area contributed by atoms with Gasteiger partial charge in [-0.25, -0.2) is 4.79 Å². The molecular formula is C33H60ClN3O3. The Balaban J connectivity index is 0.0000152. The van der Waals surface area contributed by atoms with Crippen molar-refractivity contribution in [3.63, 3.8) is 0 Å². The summed E-state index contributed by atoms with van der Waals surface area (Å²) < 4.78 is 5.44. The summed E-state index contributed by atoms with van der Waals surface area (Å²) in [6.45, 7) is 10.6. The highest BCUT2D eigenvalue weighted by Crippen LogP contribution is 2.21. The normalized spacial score (nSPS) is 10.8. The molecule has 0 aliphatic carbocycles. The highest BCUT2D eigenvalue weighted by Gasteiger charge is 2.12. The van der Waals surface area contributed by atoms with Crippen molar-refractivity contribution in [3.8, 4) is 0 Å². The van der Waals surface area contributed by atoms with Gasteiger partial charge in [0.1, 0.15) is 6.61 Å². The van der Waals surface area contributed by atoms with Crippen LogP contribution in [-0.4, -0.2) is 50.1 Å². The minimum atomic E-state index is -0.424. The van der Waals surface area contributed by atoms with E-state index in [0.717, 1.165) is 50.1 Å². The summed E-state index contributed by atoms with van der Waals surface area (Å²) in [6.07, 6.45) is 21.8. The number of benzene rings is 1. The average Bonchev–Trinajstić information content (AvgIpc) is 2.96. The predicted octanol–water partition coefficient (Wildman–Crippen LogP) is 8.90. The first-order valence-corrected chi connectivity index (χ1v) is 16.1. The number of carbonyl (C=O) groups excluding carboxylic acids is 2. The van der Waals surface area contributed by atoms with Crippen LogP contribution in [0.3, 0.4) is 0 Å². The summed E-state index contributed by atoms with van der Waals surface area (Å²) in [6, 6.07) is 7.69. The fraction of sp³-hybridized carbons (Fsp3) is 0.758. The van der Waals surface area contributed by atoms with E-state index in [0.29, 0.717) is 13.1 Å². The Morgan fingerprint density at radius 2 is 1.25 bits per heavy atom. The van der Waals surface area contributed by atoms with Gasteiger partial charge in [-0.2, -0.15) is 0 Å². The lowest BCUT2D eigenvalue weighted by Crippen LogP contribution is -2.35. The number of hydrogen-bond acceptors (Lipinski definition) is 4. The van der Waals surface area contributed by atoms with E-state index >= 15 is 0 Å². The Hall–Kier alpha value is -1.79. The molecular weight excluding hydrogens is 522 g/mol. The molecule has 0 spiro atoms. The largest absolute Gasteiger partial charge is 0.445 e. The summed E-state index contributed by atoms with van der Waals surface area (Å²) >= 11 is 0. The van der Waals surface area contributed by atoms with Gasteiger partial charge in [0.15, 0.2) is 0 Å². The molecule has 1 rings (SSSR count). The number of carbonyl (C=O) groups is 2. The molecule has 6 nitrogen and oxygen atoms in total. The number of hydrogen-bond donors (Lipinski definition) is 1. The fourth-order valence-corrected chi connectivity index (χ4v) is 5.02. The van der Waals surface area contributed by atoms with E-state index in [-0.39, 0.29) is 19.0 Å². The van der Waals surface area contributed by atoms with E-state index < -0.39 is 6.09 Å². The van der Waals surface area contributed by atoms with E-state index in [1.807, 2.05) is 24.3 Å². The van der Waals surface area contributed by atoms with E-state index in [1.54, 1.807) is 4.90 Å². The number of likely N-dealkylation sites (N-methyl/N-ethyl adjacent to an activating group) is 1. The Morgan fingerprint density at radius 3 is 1.75 bits per heavy atom. The number of unbranched alkanes of at least 4 members (excludes halogenated alkanes) is 15. The molecule has 40 heavy (non-hydrogen) atoms. The molecule has 1 aromatic carbocycles. The lowest BCUT2D eigenvalue weighted by molar-refractivity contribution is -0.107. The topological polar surface area (TPSA) is 61.9 Å². The molecule has 0 aromatic heterocycles.